The number of hydrogen-bond donors (Lipinski definition) is 1. The van der Waals surface area contributed by atoms with Crippen molar-refractivity contribution in [2.75, 3.05) is 0 Å². The van der Waals surface area contributed by atoms with Crippen molar-refractivity contribution in [3.8, 4) is 11.1 Å². The molecule has 2 aromatic rings. The first kappa shape index (κ1) is 13.6. The molecule has 0 heterocycles. The van der Waals surface area contributed by atoms with Crippen molar-refractivity contribution in [1.82, 2.24) is 0 Å². The van der Waals surface area contributed by atoms with E-state index in [9.17, 15) is 23.7 Å². The van der Waals surface area contributed by atoms with Crippen LogP contribution in [-0.4, -0.2) is 16.0 Å². The molecule has 0 atom stereocenters. The predicted molar refractivity (Wildman–Crippen MR) is 65.4 cm³/mol. The maximum Gasteiger partial charge on any atom is 0.340 e. The Morgan fingerprint density at radius 3 is 2.20 bits per heavy atom. The minimum atomic E-state index is -1.29. The summed E-state index contributed by atoms with van der Waals surface area (Å²) in [7, 11) is 0. The normalized spacial score (nSPS) is 10.3. The van der Waals surface area contributed by atoms with E-state index in [0.717, 1.165) is 12.1 Å². The van der Waals surface area contributed by atoms with Crippen molar-refractivity contribution in [3.05, 3.63) is 63.7 Å². The monoisotopic (exact) mass is 279 g/mol. The van der Waals surface area contributed by atoms with Gasteiger partial charge in [-0.25, -0.2) is 4.79 Å². The zero-order chi connectivity index (χ0) is 14.9. The number of benzene rings is 2. The molecule has 20 heavy (non-hydrogen) atoms. The van der Waals surface area contributed by atoms with Crippen LogP contribution in [-0.2, 0) is 0 Å². The molecule has 0 saturated carbocycles. The zero-order valence-corrected chi connectivity index (χ0v) is 9.84. The molecule has 0 aliphatic heterocycles. The summed E-state index contributed by atoms with van der Waals surface area (Å²) in [5.74, 6) is -3.71. The summed E-state index contributed by atoms with van der Waals surface area (Å²) < 4.78 is 27.1. The van der Waals surface area contributed by atoms with E-state index in [4.69, 9.17) is 5.11 Å². The Labute approximate surface area is 111 Å². The van der Waals surface area contributed by atoms with Crippen LogP contribution in [0.3, 0.4) is 0 Å². The van der Waals surface area contributed by atoms with Gasteiger partial charge in [-0.05, 0) is 29.8 Å². The third-order valence-electron chi connectivity index (χ3n) is 2.69. The van der Waals surface area contributed by atoms with Crippen LogP contribution < -0.4 is 0 Å². The molecule has 0 radical (unpaired) electrons. The van der Waals surface area contributed by atoms with Crippen LogP contribution in [0.4, 0.5) is 14.5 Å². The Hall–Kier alpha value is -2.83. The molecule has 2 rings (SSSR count). The number of carboxylic acid groups (broad SMARTS) is 1. The molecule has 5 nitrogen and oxygen atoms in total. The van der Waals surface area contributed by atoms with Crippen LogP contribution in [0.2, 0.25) is 0 Å². The van der Waals surface area contributed by atoms with Gasteiger partial charge >= 0.3 is 11.7 Å². The maximum atomic E-state index is 13.9. The average molecular weight is 279 g/mol. The van der Waals surface area contributed by atoms with Crippen LogP contribution in [0.15, 0.2) is 36.4 Å². The van der Waals surface area contributed by atoms with Crippen molar-refractivity contribution in [1.29, 1.82) is 0 Å². The average Bonchev–Trinajstić information content (AvgIpc) is 2.38. The molecule has 0 aliphatic rings. The highest BCUT2D eigenvalue weighted by molar-refractivity contribution is 5.88. The molecule has 0 fully saturated rings. The first-order valence-electron chi connectivity index (χ1n) is 5.38. The number of hydrogen-bond acceptors (Lipinski definition) is 3. The lowest BCUT2D eigenvalue weighted by Gasteiger charge is -2.05. The van der Waals surface area contributed by atoms with Gasteiger partial charge in [0.15, 0.2) is 0 Å². The number of carboxylic acids is 1. The Morgan fingerprint density at radius 1 is 1.10 bits per heavy atom. The number of nitrogens with zero attached hydrogens (tertiary/aromatic N) is 1. The second-order valence-electron chi connectivity index (χ2n) is 3.90. The molecule has 0 aliphatic carbocycles. The van der Waals surface area contributed by atoms with Crippen LogP contribution in [0, 0.1) is 21.7 Å². The molecule has 0 spiro atoms. The fraction of sp³-hybridized carbons (Fsp3) is 0. The molecule has 102 valence electrons. The fourth-order valence-corrected chi connectivity index (χ4v) is 1.72. The molecule has 7 heteroatoms. The second kappa shape index (κ2) is 5.04. The summed E-state index contributed by atoms with van der Waals surface area (Å²) in [6, 6.07) is 6.90. The number of nitro benzene ring substituents is 1. The van der Waals surface area contributed by atoms with E-state index in [1.54, 1.807) is 0 Å². The minimum absolute atomic E-state index is 0.00855. The topological polar surface area (TPSA) is 80.4 Å². The number of carbonyl (C=O) groups is 1. The van der Waals surface area contributed by atoms with Gasteiger partial charge in [0.1, 0.15) is 0 Å². The van der Waals surface area contributed by atoms with Gasteiger partial charge in [-0.1, -0.05) is 12.1 Å². The van der Waals surface area contributed by atoms with Crippen LogP contribution in [0.25, 0.3) is 11.1 Å². The Bertz CT molecular complexity index is 698. The quantitative estimate of drug-likeness (QED) is 0.690. The van der Waals surface area contributed by atoms with Gasteiger partial charge in [0, 0.05) is 5.56 Å². The molecule has 0 bridgehead atoms. The van der Waals surface area contributed by atoms with E-state index in [-0.39, 0.29) is 16.7 Å². The Morgan fingerprint density at radius 2 is 1.70 bits per heavy atom. The predicted octanol–water partition coefficient (Wildman–Crippen LogP) is 3.24. The van der Waals surface area contributed by atoms with Gasteiger partial charge in [-0.3, -0.25) is 10.1 Å². The molecule has 2 aromatic carbocycles. The fourth-order valence-electron chi connectivity index (χ4n) is 1.72. The first-order chi connectivity index (χ1) is 9.41. The van der Waals surface area contributed by atoms with Gasteiger partial charge < -0.3 is 5.11 Å². The van der Waals surface area contributed by atoms with Crippen molar-refractivity contribution >= 4 is 11.7 Å². The lowest BCUT2D eigenvalue weighted by Crippen LogP contribution is -1.99. The molecule has 0 unspecified atom stereocenters. The highest BCUT2D eigenvalue weighted by Crippen LogP contribution is 2.31. The van der Waals surface area contributed by atoms with E-state index in [2.05, 4.69) is 0 Å². The molecule has 0 aromatic heterocycles. The standard InChI is InChI=1S/C13H7F2NO4/c14-10-6-5-9(11(15)12(10)16(19)20)7-1-3-8(4-2-7)13(17)18/h1-6H,(H,17,18). The SMILES string of the molecule is O=C(O)c1ccc(-c2ccc(F)c([N+](=O)[O-])c2F)cc1. The third kappa shape index (κ3) is 2.33. The van der Waals surface area contributed by atoms with E-state index >= 15 is 0 Å². The molecule has 0 saturated heterocycles. The summed E-state index contributed by atoms with van der Waals surface area (Å²) in [5, 5.41) is 19.4. The van der Waals surface area contributed by atoms with Gasteiger partial charge in [0.25, 0.3) is 0 Å². The number of rotatable bonds is 3. The highest BCUT2D eigenvalue weighted by Gasteiger charge is 2.24. The number of nitro groups is 1. The third-order valence-corrected chi connectivity index (χ3v) is 2.69. The van der Waals surface area contributed by atoms with E-state index in [1.807, 2.05) is 0 Å². The van der Waals surface area contributed by atoms with Crippen molar-refractivity contribution in [2.45, 2.75) is 0 Å². The molecule has 1 N–H and O–H groups in total. The van der Waals surface area contributed by atoms with E-state index < -0.39 is 28.2 Å². The van der Waals surface area contributed by atoms with Crippen molar-refractivity contribution in [2.24, 2.45) is 0 Å². The lowest BCUT2D eigenvalue weighted by atomic mass is 10.0. The smallest absolute Gasteiger partial charge is 0.340 e. The molecule has 0 amide bonds. The maximum absolute atomic E-state index is 13.9. The Balaban J connectivity index is 2.56. The highest BCUT2D eigenvalue weighted by atomic mass is 19.1. The van der Waals surface area contributed by atoms with Gasteiger partial charge in [-0.15, -0.1) is 0 Å². The summed E-state index contributed by atoms with van der Waals surface area (Å²) in [4.78, 5) is 20.2. The number of halogens is 2. The summed E-state index contributed by atoms with van der Waals surface area (Å²) in [5.41, 5.74) is -1.19. The summed E-state index contributed by atoms with van der Waals surface area (Å²) in [6.45, 7) is 0. The number of aromatic carboxylic acids is 1. The van der Waals surface area contributed by atoms with E-state index in [0.29, 0.717) is 0 Å². The van der Waals surface area contributed by atoms with E-state index in [1.165, 1.54) is 24.3 Å². The van der Waals surface area contributed by atoms with Crippen molar-refractivity contribution in [3.63, 3.8) is 0 Å². The minimum Gasteiger partial charge on any atom is -0.478 e. The summed E-state index contributed by atoms with van der Waals surface area (Å²) >= 11 is 0. The zero-order valence-electron chi connectivity index (χ0n) is 9.84. The second-order valence-corrected chi connectivity index (χ2v) is 3.90. The summed E-state index contributed by atoms with van der Waals surface area (Å²) in [6.07, 6.45) is 0. The van der Waals surface area contributed by atoms with Crippen molar-refractivity contribution < 1.29 is 23.6 Å². The van der Waals surface area contributed by atoms with Gasteiger partial charge in [0.05, 0.1) is 10.5 Å². The van der Waals surface area contributed by atoms with Crippen LogP contribution in [0.5, 0.6) is 0 Å². The first-order valence-corrected chi connectivity index (χ1v) is 5.38. The van der Waals surface area contributed by atoms with Gasteiger partial charge in [0.2, 0.25) is 11.6 Å². The largest absolute Gasteiger partial charge is 0.478 e. The van der Waals surface area contributed by atoms with Gasteiger partial charge in [-0.2, -0.15) is 8.78 Å². The molecular weight excluding hydrogens is 272 g/mol. The van der Waals surface area contributed by atoms with Crippen LogP contribution >= 0.6 is 0 Å². The van der Waals surface area contributed by atoms with Crippen LogP contribution in [0.1, 0.15) is 10.4 Å². The lowest BCUT2D eigenvalue weighted by molar-refractivity contribution is -0.390. The molecular formula is C13H7F2NO4. The Kier molecular flexibility index (Phi) is 3.43.